The number of nitrogens with two attached hydrogens (primary N) is 1. The predicted molar refractivity (Wildman–Crippen MR) is 70.7 cm³/mol. The lowest BCUT2D eigenvalue weighted by Gasteiger charge is -2.23. The number of nitrogens with one attached hydrogen (secondary N) is 1. The Labute approximate surface area is 107 Å². The maximum Gasteiger partial charge on any atom is 0.121 e. The molecule has 3 N–H and O–H groups in total. The Morgan fingerprint density at radius 3 is 2.94 bits per heavy atom. The number of benzene rings is 1. The van der Waals surface area contributed by atoms with Crippen LogP contribution in [0.2, 0.25) is 5.02 Å². The van der Waals surface area contributed by atoms with Crippen LogP contribution in [0, 0.1) is 12.3 Å². The summed E-state index contributed by atoms with van der Waals surface area (Å²) in [5.74, 6) is 8.79. The van der Waals surface area contributed by atoms with Crippen LogP contribution in [-0.2, 0) is 0 Å². The highest BCUT2D eigenvalue weighted by Gasteiger charge is 2.16. The van der Waals surface area contributed by atoms with E-state index in [4.69, 9.17) is 28.6 Å². The molecule has 0 fully saturated rings. The summed E-state index contributed by atoms with van der Waals surface area (Å²) < 4.78 is 5.75. The fraction of sp³-hybridized carbons (Fsp3) is 0.385. The van der Waals surface area contributed by atoms with E-state index in [1.165, 1.54) is 0 Å². The van der Waals surface area contributed by atoms with Crippen molar-refractivity contribution in [1.82, 2.24) is 5.43 Å². The van der Waals surface area contributed by atoms with Crippen molar-refractivity contribution in [3.63, 3.8) is 0 Å². The number of hydrazine groups is 1. The van der Waals surface area contributed by atoms with Gasteiger partial charge in [0.1, 0.15) is 11.9 Å². The molecule has 3 nitrogen and oxygen atoms in total. The topological polar surface area (TPSA) is 47.3 Å². The molecule has 0 radical (unpaired) electrons. The first-order chi connectivity index (χ1) is 8.17. The molecule has 1 aromatic rings. The van der Waals surface area contributed by atoms with E-state index >= 15 is 0 Å². The molecule has 2 atom stereocenters. The fourth-order valence-electron chi connectivity index (χ4n) is 1.53. The van der Waals surface area contributed by atoms with Gasteiger partial charge in [0.05, 0.1) is 6.04 Å². The minimum Gasteiger partial charge on any atom is -0.489 e. The van der Waals surface area contributed by atoms with Gasteiger partial charge < -0.3 is 4.74 Å². The average Bonchev–Trinajstić information content (AvgIpc) is 2.30. The van der Waals surface area contributed by atoms with Crippen LogP contribution in [0.1, 0.15) is 19.8 Å². The Kier molecular flexibility index (Phi) is 5.85. The maximum absolute atomic E-state index is 5.88. The lowest BCUT2D eigenvalue weighted by molar-refractivity contribution is 0.165. The third-order valence-electron chi connectivity index (χ3n) is 2.50. The SMILES string of the molecule is C#CCCC(NN)C(C)Oc1cccc(Cl)c1. The highest BCUT2D eigenvalue weighted by molar-refractivity contribution is 6.30. The van der Waals surface area contributed by atoms with Gasteiger partial charge in [0, 0.05) is 11.4 Å². The Hall–Kier alpha value is -1.21. The number of halogens is 1. The molecule has 1 aromatic carbocycles. The Bertz CT molecular complexity index is 389. The summed E-state index contributed by atoms with van der Waals surface area (Å²) in [4.78, 5) is 0. The molecule has 0 spiro atoms. The second kappa shape index (κ2) is 7.18. The number of hydrogen-bond donors (Lipinski definition) is 2. The molecule has 0 amide bonds. The molecule has 0 heterocycles. The van der Waals surface area contributed by atoms with Gasteiger partial charge in [-0.3, -0.25) is 11.3 Å². The zero-order valence-electron chi connectivity index (χ0n) is 9.82. The molecule has 17 heavy (non-hydrogen) atoms. The summed E-state index contributed by atoms with van der Waals surface area (Å²) in [6, 6.07) is 7.29. The van der Waals surface area contributed by atoms with Gasteiger partial charge in [-0.1, -0.05) is 17.7 Å². The van der Waals surface area contributed by atoms with Crippen molar-refractivity contribution in [3.8, 4) is 18.1 Å². The summed E-state index contributed by atoms with van der Waals surface area (Å²) in [5.41, 5.74) is 2.72. The highest BCUT2D eigenvalue weighted by Crippen LogP contribution is 2.19. The molecule has 1 rings (SSSR count). The number of terminal acetylenes is 1. The van der Waals surface area contributed by atoms with Gasteiger partial charge >= 0.3 is 0 Å². The molecular formula is C13H17ClN2O. The quantitative estimate of drug-likeness (QED) is 0.464. The summed E-state index contributed by atoms with van der Waals surface area (Å²) in [6.45, 7) is 1.95. The second-order valence-corrected chi connectivity index (χ2v) is 4.23. The molecule has 4 heteroatoms. The first-order valence-electron chi connectivity index (χ1n) is 5.49. The monoisotopic (exact) mass is 252 g/mol. The second-order valence-electron chi connectivity index (χ2n) is 3.80. The Morgan fingerprint density at radius 2 is 2.35 bits per heavy atom. The minimum atomic E-state index is -0.0770. The Morgan fingerprint density at radius 1 is 1.59 bits per heavy atom. The average molecular weight is 253 g/mol. The van der Waals surface area contributed by atoms with Crippen LogP contribution in [0.5, 0.6) is 5.75 Å². The predicted octanol–water partition coefficient (Wildman–Crippen LogP) is 2.35. The molecule has 0 aliphatic heterocycles. The van der Waals surface area contributed by atoms with Crippen LogP contribution >= 0.6 is 11.6 Å². The zero-order valence-corrected chi connectivity index (χ0v) is 10.6. The smallest absolute Gasteiger partial charge is 0.121 e. The number of ether oxygens (including phenoxy) is 1. The van der Waals surface area contributed by atoms with E-state index in [-0.39, 0.29) is 12.1 Å². The lowest BCUT2D eigenvalue weighted by atomic mass is 10.1. The molecule has 0 saturated carbocycles. The molecule has 0 aliphatic carbocycles. The summed E-state index contributed by atoms with van der Waals surface area (Å²) in [6.07, 6.45) is 6.59. The van der Waals surface area contributed by atoms with Crippen molar-refractivity contribution >= 4 is 11.6 Å². The maximum atomic E-state index is 5.88. The van der Waals surface area contributed by atoms with Gasteiger partial charge in [-0.2, -0.15) is 0 Å². The number of hydrogen-bond acceptors (Lipinski definition) is 3. The van der Waals surface area contributed by atoms with Crippen LogP contribution in [-0.4, -0.2) is 12.1 Å². The van der Waals surface area contributed by atoms with Gasteiger partial charge in [-0.25, -0.2) is 0 Å². The number of rotatable bonds is 6. The van der Waals surface area contributed by atoms with Gasteiger partial charge in [0.15, 0.2) is 0 Å². The molecule has 0 saturated heterocycles. The van der Waals surface area contributed by atoms with Crippen molar-refractivity contribution < 1.29 is 4.74 Å². The van der Waals surface area contributed by atoms with Crippen molar-refractivity contribution in [1.29, 1.82) is 0 Å². The van der Waals surface area contributed by atoms with Crippen molar-refractivity contribution in [2.45, 2.75) is 31.9 Å². The molecule has 0 bridgehead atoms. The zero-order chi connectivity index (χ0) is 12.7. The van der Waals surface area contributed by atoms with E-state index in [1.807, 2.05) is 19.1 Å². The van der Waals surface area contributed by atoms with Crippen molar-refractivity contribution in [2.75, 3.05) is 0 Å². The molecule has 2 unspecified atom stereocenters. The van der Waals surface area contributed by atoms with Gasteiger partial charge in [-0.05, 0) is 31.5 Å². The van der Waals surface area contributed by atoms with E-state index in [0.717, 1.165) is 12.2 Å². The van der Waals surface area contributed by atoms with Crippen LogP contribution in [0.4, 0.5) is 0 Å². The minimum absolute atomic E-state index is 0.0185. The van der Waals surface area contributed by atoms with E-state index in [2.05, 4.69) is 11.3 Å². The molecule has 0 aliphatic rings. The largest absolute Gasteiger partial charge is 0.489 e. The van der Waals surface area contributed by atoms with Crippen LogP contribution in [0.25, 0.3) is 0 Å². The van der Waals surface area contributed by atoms with Gasteiger partial charge in [0.25, 0.3) is 0 Å². The van der Waals surface area contributed by atoms with E-state index < -0.39 is 0 Å². The van der Waals surface area contributed by atoms with Gasteiger partial charge in [-0.15, -0.1) is 12.3 Å². The first kappa shape index (κ1) is 13.9. The van der Waals surface area contributed by atoms with E-state index in [0.29, 0.717) is 11.4 Å². The van der Waals surface area contributed by atoms with E-state index in [1.54, 1.807) is 12.1 Å². The van der Waals surface area contributed by atoms with Crippen LogP contribution in [0.15, 0.2) is 24.3 Å². The van der Waals surface area contributed by atoms with E-state index in [9.17, 15) is 0 Å². The first-order valence-corrected chi connectivity index (χ1v) is 5.87. The highest BCUT2D eigenvalue weighted by atomic mass is 35.5. The summed E-state index contributed by atoms with van der Waals surface area (Å²) >= 11 is 5.88. The fourth-order valence-corrected chi connectivity index (χ4v) is 1.71. The standard InChI is InChI=1S/C13H17ClN2O/c1-3-4-8-13(16-15)10(2)17-12-7-5-6-11(14)9-12/h1,5-7,9-10,13,16H,4,8,15H2,2H3. The van der Waals surface area contributed by atoms with Crippen molar-refractivity contribution in [3.05, 3.63) is 29.3 Å². The third kappa shape index (κ3) is 4.66. The lowest BCUT2D eigenvalue weighted by Crippen LogP contribution is -2.45. The Balaban J connectivity index is 2.57. The normalized spacial score (nSPS) is 13.8. The summed E-state index contributed by atoms with van der Waals surface area (Å²) in [7, 11) is 0. The van der Waals surface area contributed by atoms with Crippen LogP contribution in [0.3, 0.4) is 0 Å². The molecule has 0 aromatic heterocycles. The van der Waals surface area contributed by atoms with Crippen LogP contribution < -0.4 is 16.0 Å². The van der Waals surface area contributed by atoms with Crippen molar-refractivity contribution in [2.24, 2.45) is 5.84 Å². The van der Waals surface area contributed by atoms with Gasteiger partial charge in [0.2, 0.25) is 0 Å². The molecular weight excluding hydrogens is 236 g/mol. The summed E-state index contributed by atoms with van der Waals surface area (Å²) in [5, 5.41) is 0.649. The molecule has 92 valence electrons. The third-order valence-corrected chi connectivity index (χ3v) is 2.73.